The number of hydrogen-bond acceptors (Lipinski definition) is 5. The van der Waals surface area contributed by atoms with E-state index >= 15 is 0 Å². The molecule has 0 aliphatic carbocycles. The van der Waals surface area contributed by atoms with Gasteiger partial charge in [-0.05, 0) is 19.9 Å². The van der Waals surface area contributed by atoms with Crippen LogP contribution in [0.5, 0.6) is 0 Å². The van der Waals surface area contributed by atoms with E-state index < -0.39 is 24.5 Å². The summed E-state index contributed by atoms with van der Waals surface area (Å²) in [5, 5.41) is 18.4. The minimum atomic E-state index is -1.14. The topological polar surface area (TPSA) is 113 Å². The largest absolute Gasteiger partial charge is 0.480 e. The van der Waals surface area contributed by atoms with Crippen LogP contribution in [0.4, 0.5) is 0 Å². The summed E-state index contributed by atoms with van der Waals surface area (Å²) in [6, 6.07) is 0.913. The molecule has 2 amide bonds. The molecule has 0 radical (unpaired) electrons. The van der Waals surface area contributed by atoms with Gasteiger partial charge in [0.2, 0.25) is 5.91 Å². The Kier molecular flexibility index (Phi) is 4.45. The maximum absolute atomic E-state index is 12.2. The van der Waals surface area contributed by atoms with E-state index in [9.17, 15) is 14.4 Å². The van der Waals surface area contributed by atoms with Gasteiger partial charge in [-0.1, -0.05) is 0 Å². The molecule has 2 aromatic rings. The molecule has 1 unspecified atom stereocenters. The Labute approximate surface area is 130 Å². The van der Waals surface area contributed by atoms with E-state index in [2.05, 4.69) is 15.7 Å². The zero-order valence-corrected chi connectivity index (χ0v) is 13.2. The van der Waals surface area contributed by atoms with Gasteiger partial charge in [-0.3, -0.25) is 19.1 Å². The average molecular weight is 324 g/mol. The number of nitrogens with zero attached hydrogens (tertiary/aromatic N) is 2. The summed E-state index contributed by atoms with van der Waals surface area (Å²) in [5.41, 5.74) is 0.833. The number of aryl methyl sites for hydroxylation is 2. The Morgan fingerprint density at radius 2 is 2.14 bits per heavy atom. The van der Waals surface area contributed by atoms with Crippen LogP contribution in [0.25, 0.3) is 10.2 Å². The van der Waals surface area contributed by atoms with E-state index in [0.717, 1.165) is 15.9 Å². The second kappa shape index (κ2) is 6.14. The van der Waals surface area contributed by atoms with Gasteiger partial charge in [0.25, 0.3) is 5.91 Å². The first kappa shape index (κ1) is 16.0. The number of rotatable bonds is 5. The van der Waals surface area contributed by atoms with Gasteiger partial charge in [-0.2, -0.15) is 5.10 Å². The van der Waals surface area contributed by atoms with Crippen LogP contribution in [0.15, 0.2) is 6.07 Å². The molecule has 0 bridgehead atoms. The standard InChI is InChI=1S/C13H16N4O4S/c1-6-8-4-9(22-13(8)17(3)16-6)12(21)15-7(2)11(20)14-5-10(18)19/h4,7H,5H2,1-3H3,(H,14,20)(H,15,21)(H,18,19). The van der Waals surface area contributed by atoms with Crippen LogP contribution in [-0.4, -0.2) is 45.3 Å². The number of carboxylic acids is 1. The Morgan fingerprint density at radius 3 is 2.73 bits per heavy atom. The molecule has 0 saturated heterocycles. The van der Waals surface area contributed by atoms with Crippen molar-refractivity contribution >= 4 is 39.3 Å². The summed E-state index contributed by atoms with van der Waals surface area (Å²) in [6.07, 6.45) is 0. The molecule has 0 aromatic carbocycles. The van der Waals surface area contributed by atoms with Crippen molar-refractivity contribution in [2.24, 2.45) is 7.05 Å². The minimum Gasteiger partial charge on any atom is -0.480 e. The van der Waals surface area contributed by atoms with Crippen molar-refractivity contribution in [2.45, 2.75) is 19.9 Å². The molecule has 2 rings (SSSR count). The van der Waals surface area contributed by atoms with Crippen molar-refractivity contribution in [3.63, 3.8) is 0 Å². The second-order valence-corrected chi connectivity index (χ2v) is 5.88. The van der Waals surface area contributed by atoms with Crippen LogP contribution >= 0.6 is 11.3 Å². The Bertz CT molecular complexity index is 714. The highest BCUT2D eigenvalue weighted by molar-refractivity contribution is 7.20. The quantitative estimate of drug-likeness (QED) is 0.730. The monoisotopic (exact) mass is 324 g/mol. The molecule has 0 saturated carbocycles. The van der Waals surface area contributed by atoms with E-state index in [1.807, 2.05) is 6.92 Å². The molecule has 0 spiro atoms. The number of aromatic nitrogens is 2. The molecular weight excluding hydrogens is 308 g/mol. The molecule has 0 aliphatic rings. The van der Waals surface area contributed by atoms with Gasteiger partial charge in [0.15, 0.2) is 0 Å². The highest BCUT2D eigenvalue weighted by Crippen LogP contribution is 2.27. The number of carbonyl (C=O) groups is 3. The Balaban J connectivity index is 2.05. The predicted molar refractivity (Wildman–Crippen MR) is 80.9 cm³/mol. The van der Waals surface area contributed by atoms with Gasteiger partial charge in [0, 0.05) is 12.4 Å². The molecule has 118 valence electrons. The van der Waals surface area contributed by atoms with Gasteiger partial charge >= 0.3 is 5.97 Å². The van der Waals surface area contributed by atoms with E-state index in [1.54, 1.807) is 17.8 Å². The number of carbonyl (C=O) groups excluding carboxylic acids is 2. The number of fused-ring (bicyclic) bond motifs is 1. The Morgan fingerprint density at radius 1 is 1.45 bits per heavy atom. The first-order chi connectivity index (χ1) is 10.3. The van der Waals surface area contributed by atoms with Crippen molar-refractivity contribution in [1.82, 2.24) is 20.4 Å². The summed E-state index contributed by atoms with van der Waals surface area (Å²) in [6.45, 7) is 2.88. The lowest BCUT2D eigenvalue weighted by Crippen LogP contribution is -2.45. The SMILES string of the molecule is Cc1nn(C)c2sc(C(=O)NC(C)C(=O)NCC(=O)O)cc12. The number of carboxylic acid groups (broad SMARTS) is 1. The molecule has 22 heavy (non-hydrogen) atoms. The highest BCUT2D eigenvalue weighted by atomic mass is 32.1. The fourth-order valence-corrected chi connectivity index (χ4v) is 2.99. The first-order valence-electron chi connectivity index (χ1n) is 6.53. The number of thiophene rings is 1. The van der Waals surface area contributed by atoms with Crippen LogP contribution < -0.4 is 10.6 Å². The zero-order valence-electron chi connectivity index (χ0n) is 12.3. The lowest BCUT2D eigenvalue weighted by Gasteiger charge is -2.12. The van der Waals surface area contributed by atoms with Gasteiger partial charge in [-0.25, -0.2) is 0 Å². The third kappa shape index (κ3) is 3.25. The molecule has 0 fully saturated rings. The second-order valence-electron chi connectivity index (χ2n) is 4.85. The summed E-state index contributed by atoms with van der Waals surface area (Å²) in [4.78, 5) is 35.6. The third-order valence-electron chi connectivity index (χ3n) is 3.07. The number of aliphatic carboxylic acids is 1. The van der Waals surface area contributed by atoms with Crippen LogP contribution in [-0.2, 0) is 16.6 Å². The van der Waals surface area contributed by atoms with Gasteiger partial charge in [-0.15, -0.1) is 11.3 Å². The fourth-order valence-electron chi connectivity index (χ4n) is 1.97. The molecule has 2 heterocycles. The molecule has 0 aliphatic heterocycles. The fraction of sp³-hybridized carbons (Fsp3) is 0.385. The van der Waals surface area contributed by atoms with Crippen molar-refractivity contribution in [2.75, 3.05) is 6.54 Å². The van der Waals surface area contributed by atoms with Gasteiger partial charge in [0.1, 0.15) is 17.4 Å². The Hall–Kier alpha value is -2.42. The molecule has 8 nitrogen and oxygen atoms in total. The van der Waals surface area contributed by atoms with Crippen LogP contribution in [0, 0.1) is 6.92 Å². The number of nitrogens with one attached hydrogen (secondary N) is 2. The summed E-state index contributed by atoms with van der Waals surface area (Å²) >= 11 is 1.29. The maximum atomic E-state index is 12.2. The number of amides is 2. The third-order valence-corrected chi connectivity index (χ3v) is 4.28. The van der Waals surface area contributed by atoms with Crippen LogP contribution in [0.1, 0.15) is 22.3 Å². The zero-order chi connectivity index (χ0) is 16.4. The van der Waals surface area contributed by atoms with Gasteiger partial charge < -0.3 is 15.7 Å². The molecule has 2 aromatic heterocycles. The molecule has 1 atom stereocenters. The van der Waals surface area contributed by atoms with Crippen molar-refractivity contribution in [3.8, 4) is 0 Å². The van der Waals surface area contributed by atoms with Crippen LogP contribution in [0.2, 0.25) is 0 Å². The predicted octanol–water partition coefficient (Wildman–Crippen LogP) is 0.262. The normalized spacial score (nSPS) is 12.1. The van der Waals surface area contributed by atoms with E-state index in [4.69, 9.17) is 5.11 Å². The summed E-state index contributed by atoms with van der Waals surface area (Å²) in [7, 11) is 1.80. The van der Waals surface area contributed by atoms with Gasteiger partial charge in [0.05, 0.1) is 10.6 Å². The van der Waals surface area contributed by atoms with Crippen molar-refractivity contribution in [3.05, 3.63) is 16.6 Å². The molecule has 9 heteroatoms. The average Bonchev–Trinajstić information content (AvgIpc) is 2.98. The highest BCUT2D eigenvalue weighted by Gasteiger charge is 2.20. The minimum absolute atomic E-state index is 0.376. The lowest BCUT2D eigenvalue weighted by atomic mass is 10.2. The van der Waals surface area contributed by atoms with E-state index in [1.165, 1.54) is 18.3 Å². The molecular formula is C13H16N4O4S. The van der Waals surface area contributed by atoms with Crippen molar-refractivity contribution in [1.29, 1.82) is 0 Å². The molecule has 3 N–H and O–H groups in total. The van der Waals surface area contributed by atoms with Crippen LogP contribution in [0.3, 0.4) is 0 Å². The number of hydrogen-bond donors (Lipinski definition) is 3. The maximum Gasteiger partial charge on any atom is 0.322 e. The van der Waals surface area contributed by atoms with Crippen molar-refractivity contribution < 1.29 is 19.5 Å². The lowest BCUT2D eigenvalue weighted by molar-refractivity contribution is -0.138. The summed E-state index contributed by atoms with van der Waals surface area (Å²) in [5.74, 6) is -2.06. The summed E-state index contributed by atoms with van der Waals surface area (Å²) < 4.78 is 1.70. The first-order valence-corrected chi connectivity index (χ1v) is 7.34. The van der Waals surface area contributed by atoms with E-state index in [0.29, 0.717) is 4.88 Å². The van der Waals surface area contributed by atoms with E-state index in [-0.39, 0.29) is 5.91 Å². The smallest absolute Gasteiger partial charge is 0.322 e.